The zero-order valence-electron chi connectivity index (χ0n) is 17.9. The average Bonchev–Trinajstić information content (AvgIpc) is 3.47. The van der Waals surface area contributed by atoms with Crippen LogP contribution in [-0.4, -0.2) is 49.4 Å². The highest BCUT2D eigenvalue weighted by Crippen LogP contribution is 2.30. The molecule has 0 spiro atoms. The third-order valence-corrected chi connectivity index (χ3v) is 5.79. The number of alkyl halides is 3. The van der Waals surface area contributed by atoms with Crippen molar-refractivity contribution < 1.29 is 22.7 Å². The molecule has 7 nitrogen and oxygen atoms in total. The fraction of sp³-hybridized carbons (Fsp3) is 0.250. The van der Waals surface area contributed by atoms with Crippen molar-refractivity contribution in [2.75, 3.05) is 13.2 Å². The van der Waals surface area contributed by atoms with E-state index >= 15 is 0 Å². The number of fused-ring (bicyclic) bond motifs is 1. The summed E-state index contributed by atoms with van der Waals surface area (Å²) in [6.45, 7) is 0.697. The Hall–Kier alpha value is -3.95. The van der Waals surface area contributed by atoms with Crippen molar-refractivity contribution in [3.63, 3.8) is 0 Å². The van der Waals surface area contributed by atoms with Crippen molar-refractivity contribution in [1.29, 1.82) is 0 Å². The summed E-state index contributed by atoms with van der Waals surface area (Å²) >= 11 is 0. The lowest BCUT2D eigenvalue weighted by atomic mass is 10.1. The topological polar surface area (TPSA) is 72.6 Å². The largest absolute Gasteiger partial charge is 0.490 e. The normalized spacial score (nSPS) is 16.2. The Morgan fingerprint density at radius 3 is 2.68 bits per heavy atom. The summed E-state index contributed by atoms with van der Waals surface area (Å²) < 4.78 is 45.6. The van der Waals surface area contributed by atoms with E-state index in [0.29, 0.717) is 23.6 Å². The molecule has 0 unspecified atom stereocenters. The van der Waals surface area contributed by atoms with Gasteiger partial charge in [0.15, 0.2) is 5.65 Å². The number of halogens is 3. The minimum atomic E-state index is -4.51. The van der Waals surface area contributed by atoms with Crippen LogP contribution < -0.4 is 4.74 Å². The van der Waals surface area contributed by atoms with Gasteiger partial charge in [0, 0.05) is 24.5 Å². The molecule has 0 aliphatic carbocycles. The van der Waals surface area contributed by atoms with Crippen LogP contribution >= 0.6 is 0 Å². The molecule has 3 aromatic heterocycles. The SMILES string of the molecule is O=C(c1c(-c2ccccc2)nc2cnccn12)N1CCC[C@H]1COc1ccc(C(F)(F)F)nc1. The highest BCUT2D eigenvalue weighted by Gasteiger charge is 2.34. The van der Waals surface area contributed by atoms with Crippen LogP contribution in [-0.2, 0) is 6.18 Å². The van der Waals surface area contributed by atoms with Crippen molar-refractivity contribution in [1.82, 2.24) is 24.3 Å². The Labute approximate surface area is 192 Å². The molecule has 1 atom stereocenters. The minimum absolute atomic E-state index is 0.151. The van der Waals surface area contributed by atoms with Crippen LogP contribution in [0.1, 0.15) is 29.0 Å². The van der Waals surface area contributed by atoms with Crippen LogP contribution in [0.2, 0.25) is 0 Å². The lowest BCUT2D eigenvalue weighted by Gasteiger charge is -2.25. The predicted molar refractivity (Wildman–Crippen MR) is 117 cm³/mol. The van der Waals surface area contributed by atoms with Crippen molar-refractivity contribution in [2.45, 2.75) is 25.1 Å². The van der Waals surface area contributed by atoms with E-state index in [1.54, 1.807) is 27.9 Å². The quantitative estimate of drug-likeness (QED) is 0.432. The number of benzene rings is 1. The monoisotopic (exact) mass is 467 g/mol. The number of pyridine rings is 1. The first-order chi connectivity index (χ1) is 16.4. The molecular formula is C24H20F3N5O2. The molecule has 1 aliphatic rings. The fourth-order valence-electron chi connectivity index (χ4n) is 4.15. The number of aromatic nitrogens is 4. The van der Waals surface area contributed by atoms with E-state index in [1.807, 2.05) is 30.3 Å². The van der Waals surface area contributed by atoms with Crippen LogP contribution in [0.25, 0.3) is 16.9 Å². The van der Waals surface area contributed by atoms with Crippen molar-refractivity contribution in [3.05, 3.63) is 78.6 Å². The zero-order valence-corrected chi connectivity index (χ0v) is 17.9. The molecule has 0 saturated carbocycles. The molecule has 0 radical (unpaired) electrons. The Morgan fingerprint density at radius 1 is 1.12 bits per heavy atom. The van der Waals surface area contributed by atoms with Crippen LogP contribution in [0.15, 0.2) is 67.3 Å². The number of ether oxygens (including phenoxy) is 1. The molecule has 0 bridgehead atoms. The number of imidazole rings is 1. The minimum Gasteiger partial charge on any atom is -0.490 e. The third kappa shape index (κ3) is 4.18. The predicted octanol–water partition coefficient (Wildman–Crippen LogP) is 4.49. The van der Waals surface area contributed by atoms with Gasteiger partial charge >= 0.3 is 6.18 Å². The summed E-state index contributed by atoms with van der Waals surface area (Å²) in [6, 6.07) is 11.3. The van der Waals surface area contributed by atoms with E-state index in [0.717, 1.165) is 30.7 Å². The van der Waals surface area contributed by atoms with Crippen LogP contribution in [0.3, 0.4) is 0 Å². The number of likely N-dealkylation sites (tertiary alicyclic amines) is 1. The lowest BCUT2D eigenvalue weighted by Crippen LogP contribution is -2.39. The van der Waals surface area contributed by atoms with Gasteiger partial charge in [0.1, 0.15) is 29.4 Å². The molecule has 174 valence electrons. The van der Waals surface area contributed by atoms with Crippen LogP contribution in [0, 0.1) is 0 Å². The van der Waals surface area contributed by atoms with Gasteiger partial charge in [-0.25, -0.2) is 9.97 Å². The summed E-state index contributed by atoms with van der Waals surface area (Å²) in [5.74, 6) is 0.0346. The molecule has 1 amide bonds. The molecule has 34 heavy (non-hydrogen) atoms. The van der Waals surface area contributed by atoms with Crippen molar-refractivity contribution in [2.24, 2.45) is 0 Å². The summed E-state index contributed by atoms with van der Waals surface area (Å²) in [5, 5.41) is 0. The van der Waals surface area contributed by atoms with Crippen molar-refractivity contribution >= 4 is 11.6 Å². The number of amides is 1. The summed E-state index contributed by atoms with van der Waals surface area (Å²) in [4.78, 5) is 27.7. The number of nitrogens with zero attached hydrogens (tertiary/aromatic N) is 5. The summed E-state index contributed by atoms with van der Waals surface area (Å²) in [5.41, 5.74) is 1.40. The second-order valence-electron chi connectivity index (χ2n) is 7.96. The van der Waals surface area contributed by atoms with Gasteiger partial charge in [-0.15, -0.1) is 0 Å². The fourth-order valence-corrected chi connectivity index (χ4v) is 4.15. The number of hydrogen-bond acceptors (Lipinski definition) is 5. The molecule has 1 fully saturated rings. The smallest absolute Gasteiger partial charge is 0.433 e. The first-order valence-corrected chi connectivity index (χ1v) is 10.8. The molecule has 0 N–H and O–H groups in total. The van der Waals surface area contributed by atoms with Crippen LogP contribution in [0.5, 0.6) is 5.75 Å². The summed E-state index contributed by atoms with van der Waals surface area (Å²) in [7, 11) is 0. The second kappa shape index (κ2) is 8.77. The zero-order chi connectivity index (χ0) is 23.7. The first-order valence-electron chi connectivity index (χ1n) is 10.8. The Balaban J connectivity index is 1.39. The molecule has 1 aliphatic heterocycles. The van der Waals surface area contributed by atoms with Gasteiger partial charge < -0.3 is 9.64 Å². The molecule has 4 aromatic rings. The van der Waals surface area contributed by atoms with E-state index < -0.39 is 11.9 Å². The van der Waals surface area contributed by atoms with Gasteiger partial charge in [-0.2, -0.15) is 13.2 Å². The maximum Gasteiger partial charge on any atom is 0.433 e. The van der Waals surface area contributed by atoms with E-state index in [1.165, 1.54) is 6.07 Å². The Bertz CT molecular complexity index is 1310. The Morgan fingerprint density at radius 2 is 1.94 bits per heavy atom. The van der Waals surface area contributed by atoms with Crippen LogP contribution in [0.4, 0.5) is 13.2 Å². The number of hydrogen-bond donors (Lipinski definition) is 0. The molecule has 10 heteroatoms. The standard InChI is InChI=1S/C24H20F3N5O2/c25-24(26,27)19-9-8-18(13-29-19)34-15-17-7-4-11-31(17)23(33)22-21(16-5-2-1-3-6-16)30-20-14-28-10-12-32(20)22/h1-3,5-6,8-10,12-14,17H,4,7,11,15H2/t17-/m0/s1. The molecule has 5 rings (SSSR count). The van der Waals surface area contributed by atoms with E-state index in [2.05, 4.69) is 15.0 Å². The maximum atomic E-state index is 13.7. The van der Waals surface area contributed by atoms with Gasteiger partial charge in [0.25, 0.3) is 5.91 Å². The van der Waals surface area contributed by atoms with Gasteiger partial charge in [0.05, 0.1) is 18.4 Å². The van der Waals surface area contributed by atoms with Gasteiger partial charge in [-0.1, -0.05) is 30.3 Å². The Kier molecular flexibility index (Phi) is 5.64. The van der Waals surface area contributed by atoms with Crippen molar-refractivity contribution in [3.8, 4) is 17.0 Å². The molecule has 1 aromatic carbocycles. The van der Waals surface area contributed by atoms with E-state index in [-0.39, 0.29) is 24.3 Å². The molecule has 4 heterocycles. The maximum absolute atomic E-state index is 13.7. The highest BCUT2D eigenvalue weighted by molar-refractivity contribution is 6.00. The highest BCUT2D eigenvalue weighted by atomic mass is 19.4. The lowest BCUT2D eigenvalue weighted by molar-refractivity contribution is -0.141. The second-order valence-corrected chi connectivity index (χ2v) is 7.96. The summed E-state index contributed by atoms with van der Waals surface area (Å²) in [6.07, 6.45) is 2.97. The number of rotatable bonds is 5. The van der Waals surface area contributed by atoms with E-state index in [9.17, 15) is 18.0 Å². The third-order valence-electron chi connectivity index (χ3n) is 5.79. The average molecular weight is 467 g/mol. The van der Waals surface area contributed by atoms with Gasteiger partial charge in [-0.3, -0.25) is 14.2 Å². The van der Waals surface area contributed by atoms with Gasteiger partial charge in [0.2, 0.25) is 0 Å². The molecular weight excluding hydrogens is 447 g/mol. The first kappa shape index (κ1) is 21.9. The molecule has 1 saturated heterocycles. The van der Waals surface area contributed by atoms with E-state index in [4.69, 9.17) is 4.74 Å². The number of carbonyl (C=O) groups is 1. The number of carbonyl (C=O) groups excluding carboxylic acids is 1. The van der Waals surface area contributed by atoms with Gasteiger partial charge in [-0.05, 0) is 25.0 Å².